The van der Waals surface area contributed by atoms with Gasteiger partial charge in [-0.2, -0.15) is 0 Å². The predicted molar refractivity (Wildman–Crippen MR) is 139 cm³/mol. The van der Waals surface area contributed by atoms with E-state index in [4.69, 9.17) is 14.2 Å². The maximum Gasteiger partial charge on any atom is 0.257 e. The summed E-state index contributed by atoms with van der Waals surface area (Å²) in [6, 6.07) is 14.5. The van der Waals surface area contributed by atoms with Gasteiger partial charge in [-0.25, -0.2) is 0 Å². The molecule has 198 valence electrons. The molecule has 0 radical (unpaired) electrons. The molecule has 8 heteroatoms. The molecule has 2 aromatic rings. The number of likely N-dealkylation sites (tertiary alicyclic amines) is 1. The number of hydrogen-bond acceptors (Lipinski definition) is 7. The van der Waals surface area contributed by atoms with Crippen LogP contribution in [0.5, 0.6) is 11.5 Å². The minimum atomic E-state index is -0.628. The molecule has 1 unspecified atom stereocenters. The second kappa shape index (κ2) is 10.6. The van der Waals surface area contributed by atoms with Crippen LogP contribution in [0.25, 0.3) is 0 Å². The lowest BCUT2D eigenvalue weighted by Gasteiger charge is -2.34. The largest absolute Gasteiger partial charge is 0.489 e. The first-order chi connectivity index (χ1) is 18.0. The molecule has 2 saturated heterocycles. The standard InChI is InChI=1S/C29H37N3O5/c1-20-13-32(16-24(33)15-30-10-8-21-4-2-3-5-22(21)14-30)29(34)27-7-6-25(12-28(27)36-20)37-26-9-11-31(17-26)23-18-35-19-23/h2-7,12,20,23-24,26,33H,8-11,13-19H2,1H3/t20-,24-,26?/m1/s1. The van der Waals surface area contributed by atoms with Crippen LogP contribution in [-0.4, -0.2) is 103 Å². The molecular formula is C29H37N3O5. The number of carbonyl (C=O) groups is 1. The van der Waals surface area contributed by atoms with E-state index in [0.717, 1.165) is 58.0 Å². The molecule has 1 amide bonds. The molecule has 37 heavy (non-hydrogen) atoms. The van der Waals surface area contributed by atoms with Gasteiger partial charge in [-0.15, -0.1) is 0 Å². The smallest absolute Gasteiger partial charge is 0.257 e. The minimum absolute atomic E-state index is 0.106. The molecular weight excluding hydrogens is 470 g/mol. The zero-order chi connectivity index (χ0) is 25.4. The second-order valence-corrected chi connectivity index (χ2v) is 10.9. The van der Waals surface area contributed by atoms with E-state index in [9.17, 15) is 9.90 Å². The summed E-state index contributed by atoms with van der Waals surface area (Å²) in [7, 11) is 0. The average Bonchev–Trinajstić information content (AvgIpc) is 3.25. The highest BCUT2D eigenvalue weighted by Gasteiger charge is 2.34. The average molecular weight is 508 g/mol. The molecule has 3 atom stereocenters. The molecule has 2 aromatic carbocycles. The molecule has 0 aromatic heterocycles. The molecule has 4 aliphatic rings. The van der Waals surface area contributed by atoms with Gasteiger partial charge in [-0.05, 0) is 43.0 Å². The van der Waals surface area contributed by atoms with Gasteiger partial charge in [-0.1, -0.05) is 24.3 Å². The summed E-state index contributed by atoms with van der Waals surface area (Å²) in [6.45, 7) is 8.53. The Labute approximate surface area is 218 Å². The lowest BCUT2D eigenvalue weighted by molar-refractivity contribution is -0.0592. The lowest BCUT2D eigenvalue weighted by Crippen LogP contribution is -2.48. The van der Waals surface area contributed by atoms with Crippen LogP contribution in [0.15, 0.2) is 42.5 Å². The molecule has 2 fully saturated rings. The number of nitrogens with zero attached hydrogens (tertiary/aromatic N) is 3. The first-order valence-corrected chi connectivity index (χ1v) is 13.6. The van der Waals surface area contributed by atoms with Crippen molar-refractivity contribution < 1.29 is 24.1 Å². The quantitative estimate of drug-likeness (QED) is 0.616. The Kier molecular flexibility index (Phi) is 7.08. The topological polar surface area (TPSA) is 74.7 Å². The van der Waals surface area contributed by atoms with Crippen molar-refractivity contribution in [3.05, 3.63) is 59.2 Å². The van der Waals surface area contributed by atoms with Gasteiger partial charge in [0.2, 0.25) is 0 Å². The number of hydrogen-bond donors (Lipinski definition) is 1. The molecule has 8 nitrogen and oxygen atoms in total. The van der Waals surface area contributed by atoms with E-state index in [-0.39, 0.29) is 24.7 Å². The number of rotatable bonds is 7. The fraction of sp³-hybridized carbons (Fsp3) is 0.552. The third-order valence-corrected chi connectivity index (χ3v) is 8.00. The third-order valence-electron chi connectivity index (χ3n) is 8.00. The summed E-state index contributed by atoms with van der Waals surface area (Å²) in [4.78, 5) is 19.9. The normalized spacial score (nSPS) is 25.6. The van der Waals surface area contributed by atoms with Crippen molar-refractivity contribution in [2.45, 2.75) is 50.7 Å². The first kappa shape index (κ1) is 24.7. The number of aliphatic hydroxyl groups excluding tert-OH is 1. The Bertz CT molecular complexity index is 1120. The fourth-order valence-electron chi connectivity index (χ4n) is 5.95. The Morgan fingerprint density at radius 1 is 1.08 bits per heavy atom. The van der Waals surface area contributed by atoms with Crippen molar-refractivity contribution in [1.29, 1.82) is 0 Å². The van der Waals surface area contributed by atoms with E-state index in [1.54, 1.807) is 11.0 Å². The lowest BCUT2D eigenvalue weighted by atomic mass is 10.00. The minimum Gasteiger partial charge on any atom is -0.489 e. The van der Waals surface area contributed by atoms with Crippen LogP contribution in [0.3, 0.4) is 0 Å². The van der Waals surface area contributed by atoms with E-state index in [1.165, 1.54) is 11.1 Å². The SMILES string of the molecule is C[C@@H]1CN(C[C@H](O)CN2CCc3ccccc3C2)C(=O)c2ccc(OC3CCN(C4COC4)C3)cc2O1. The van der Waals surface area contributed by atoms with Crippen molar-refractivity contribution in [2.75, 3.05) is 52.5 Å². The number of carbonyl (C=O) groups excluding carboxylic acids is 1. The summed E-state index contributed by atoms with van der Waals surface area (Å²) in [5, 5.41) is 10.9. The van der Waals surface area contributed by atoms with Gasteiger partial charge in [-0.3, -0.25) is 14.6 Å². The number of amides is 1. The Morgan fingerprint density at radius 3 is 2.73 bits per heavy atom. The Balaban J connectivity index is 1.07. The highest BCUT2D eigenvalue weighted by Crippen LogP contribution is 2.31. The van der Waals surface area contributed by atoms with E-state index in [1.807, 2.05) is 19.1 Å². The molecule has 1 N–H and O–H groups in total. The van der Waals surface area contributed by atoms with Crippen molar-refractivity contribution in [1.82, 2.24) is 14.7 Å². The van der Waals surface area contributed by atoms with Gasteiger partial charge in [0.25, 0.3) is 5.91 Å². The maximum atomic E-state index is 13.4. The van der Waals surface area contributed by atoms with Crippen LogP contribution in [0.4, 0.5) is 0 Å². The number of aliphatic hydroxyl groups is 1. The van der Waals surface area contributed by atoms with E-state index >= 15 is 0 Å². The Morgan fingerprint density at radius 2 is 1.92 bits per heavy atom. The zero-order valence-electron chi connectivity index (χ0n) is 21.6. The van der Waals surface area contributed by atoms with Crippen molar-refractivity contribution >= 4 is 5.91 Å². The molecule has 6 rings (SSSR count). The fourth-order valence-corrected chi connectivity index (χ4v) is 5.95. The predicted octanol–water partition coefficient (Wildman–Crippen LogP) is 2.18. The number of fused-ring (bicyclic) bond motifs is 2. The maximum absolute atomic E-state index is 13.4. The van der Waals surface area contributed by atoms with Crippen LogP contribution >= 0.6 is 0 Å². The van der Waals surface area contributed by atoms with Crippen LogP contribution in [0.2, 0.25) is 0 Å². The molecule has 0 saturated carbocycles. The molecule has 4 aliphatic heterocycles. The van der Waals surface area contributed by atoms with Gasteiger partial charge in [0.05, 0.1) is 37.5 Å². The van der Waals surface area contributed by atoms with E-state index in [0.29, 0.717) is 30.4 Å². The summed E-state index contributed by atoms with van der Waals surface area (Å²) < 4.78 is 17.8. The van der Waals surface area contributed by atoms with Gasteiger partial charge in [0.15, 0.2) is 0 Å². The van der Waals surface area contributed by atoms with Crippen molar-refractivity contribution in [3.63, 3.8) is 0 Å². The van der Waals surface area contributed by atoms with Gasteiger partial charge in [0, 0.05) is 45.3 Å². The van der Waals surface area contributed by atoms with Crippen LogP contribution in [0.1, 0.15) is 34.8 Å². The Hall–Kier alpha value is -2.65. The molecule has 0 aliphatic carbocycles. The van der Waals surface area contributed by atoms with Crippen LogP contribution in [0, 0.1) is 0 Å². The first-order valence-electron chi connectivity index (χ1n) is 13.6. The summed E-state index contributed by atoms with van der Waals surface area (Å²) in [6.07, 6.45) is 1.29. The molecule has 0 bridgehead atoms. The highest BCUT2D eigenvalue weighted by atomic mass is 16.5. The number of β-amino-alcohol motifs (C(OH)–C–C–N with tert-alkyl or cyclic N) is 1. The van der Waals surface area contributed by atoms with Crippen LogP contribution < -0.4 is 9.47 Å². The van der Waals surface area contributed by atoms with Crippen LogP contribution in [-0.2, 0) is 17.7 Å². The second-order valence-electron chi connectivity index (χ2n) is 10.9. The summed E-state index contributed by atoms with van der Waals surface area (Å²) >= 11 is 0. The van der Waals surface area contributed by atoms with Crippen molar-refractivity contribution in [3.8, 4) is 11.5 Å². The van der Waals surface area contributed by atoms with Crippen molar-refractivity contribution in [2.24, 2.45) is 0 Å². The summed E-state index contributed by atoms with van der Waals surface area (Å²) in [5.41, 5.74) is 3.23. The van der Waals surface area contributed by atoms with E-state index < -0.39 is 6.10 Å². The monoisotopic (exact) mass is 507 g/mol. The highest BCUT2D eigenvalue weighted by molar-refractivity contribution is 5.97. The van der Waals surface area contributed by atoms with Gasteiger partial charge < -0.3 is 24.2 Å². The summed E-state index contributed by atoms with van der Waals surface area (Å²) in [5.74, 6) is 1.18. The number of ether oxygens (including phenoxy) is 3. The molecule has 0 spiro atoms. The van der Waals surface area contributed by atoms with E-state index in [2.05, 4.69) is 34.1 Å². The molecule has 4 heterocycles. The van der Waals surface area contributed by atoms with Gasteiger partial charge in [0.1, 0.15) is 23.7 Å². The third kappa shape index (κ3) is 5.48. The van der Waals surface area contributed by atoms with Gasteiger partial charge >= 0.3 is 0 Å². The number of benzene rings is 2. The zero-order valence-corrected chi connectivity index (χ0v) is 21.6.